The van der Waals surface area contributed by atoms with Gasteiger partial charge in [0.05, 0.1) is 0 Å². The Kier molecular flexibility index (Phi) is 3.17. The summed E-state index contributed by atoms with van der Waals surface area (Å²) in [6.07, 6.45) is -4.18. The zero-order chi connectivity index (χ0) is 9.94. The molecule has 7 heteroatoms. The van der Waals surface area contributed by atoms with Gasteiger partial charge in [0.1, 0.15) is 0 Å². The van der Waals surface area contributed by atoms with E-state index in [-0.39, 0.29) is 0 Å². The standard InChI is InChI=1S/C5H4F4O3/c1-2(10)12-4(11)5(8,9)3(6)7/h3H,1H3. The van der Waals surface area contributed by atoms with Gasteiger partial charge in [0, 0.05) is 6.92 Å². The molecule has 0 aliphatic carbocycles. The lowest BCUT2D eigenvalue weighted by molar-refractivity contribution is -0.195. The predicted molar refractivity (Wildman–Crippen MR) is 27.7 cm³/mol. The van der Waals surface area contributed by atoms with Crippen LogP contribution < -0.4 is 0 Å². The zero-order valence-electron chi connectivity index (χ0n) is 5.81. The van der Waals surface area contributed by atoms with Crippen LogP contribution in [0.25, 0.3) is 0 Å². The molecule has 0 fully saturated rings. The van der Waals surface area contributed by atoms with Crippen molar-refractivity contribution in [3.8, 4) is 0 Å². The van der Waals surface area contributed by atoms with Crippen LogP contribution in [-0.2, 0) is 14.3 Å². The van der Waals surface area contributed by atoms with E-state index < -0.39 is 24.3 Å². The van der Waals surface area contributed by atoms with E-state index >= 15 is 0 Å². The second-order valence-electron chi connectivity index (χ2n) is 1.80. The Bertz CT molecular complexity index is 201. The topological polar surface area (TPSA) is 43.4 Å². The molecule has 0 radical (unpaired) electrons. The van der Waals surface area contributed by atoms with Gasteiger partial charge in [0.2, 0.25) is 0 Å². The first-order chi connectivity index (χ1) is 5.28. The molecule has 0 heterocycles. The third-order valence-corrected chi connectivity index (χ3v) is 0.783. The fourth-order valence-electron chi connectivity index (χ4n) is 0.288. The van der Waals surface area contributed by atoms with Crippen molar-refractivity contribution in [1.82, 2.24) is 0 Å². The zero-order valence-corrected chi connectivity index (χ0v) is 5.81. The molecule has 0 aromatic rings. The molecular formula is C5H4F4O3. The largest absolute Gasteiger partial charge is 0.402 e. The molecule has 0 N–H and O–H groups in total. The molecule has 0 aromatic heterocycles. The summed E-state index contributed by atoms with van der Waals surface area (Å²) in [6.45, 7) is 0.652. The van der Waals surface area contributed by atoms with Crippen molar-refractivity contribution in [2.24, 2.45) is 0 Å². The summed E-state index contributed by atoms with van der Waals surface area (Å²) in [7, 11) is 0. The number of hydrogen-bond acceptors (Lipinski definition) is 3. The van der Waals surface area contributed by atoms with E-state index in [4.69, 9.17) is 0 Å². The maximum atomic E-state index is 11.9. The van der Waals surface area contributed by atoms with Gasteiger partial charge >= 0.3 is 24.3 Å². The number of carbonyl (C=O) groups excluding carboxylic acids is 2. The molecule has 0 bridgehead atoms. The summed E-state index contributed by atoms with van der Waals surface area (Å²) in [5, 5.41) is 0. The van der Waals surface area contributed by atoms with Crippen LogP contribution in [0.4, 0.5) is 17.6 Å². The van der Waals surface area contributed by atoms with E-state index in [2.05, 4.69) is 4.74 Å². The molecule has 0 saturated heterocycles. The van der Waals surface area contributed by atoms with Gasteiger partial charge in [-0.2, -0.15) is 8.78 Å². The van der Waals surface area contributed by atoms with Gasteiger partial charge in [0.25, 0.3) is 0 Å². The normalized spacial score (nSPS) is 11.5. The first-order valence-corrected chi connectivity index (χ1v) is 2.67. The number of halogens is 4. The maximum Gasteiger partial charge on any atom is 0.402 e. The van der Waals surface area contributed by atoms with Gasteiger partial charge in [-0.25, -0.2) is 13.6 Å². The van der Waals surface area contributed by atoms with E-state index in [0.717, 1.165) is 0 Å². The highest BCUT2D eigenvalue weighted by Gasteiger charge is 2.51. The first kappa shape index (κ1) is 10.9. The van der Waals surface area contributed by atoms with Gasteiger partial charge in [-0.3, -0.25) is 4.79 Å². The summed E-state index contributed by atoms with van der Waals surface area (Å²) in [5.74, 6) is -8.82. The van der Waals surface area contributed by atoms with E-state index in [0.29, 0.717) is 6.92 Å². The lowest BCUT2D eigenvalue weighted by Gasteiger charge is -2.11. The van der Waals surface area contributed by atoms with Crippen LogP contribution in [0.15, 0.2) is 0 Å². The molecule has 0 unspecified atom stereocenters. The summed E-state index contributed by atoms with van der Waals surface area (Å²) in [4.78, 5) is 19.9. The molecule has 0 amide bonds. The number of ether oxygens (including phenoxy) is 1. The van der Waals surface area contributed by atoms with E-state index in [1.807, 2.05) is 0 Å². The van der Waals surface area contributed by atoms with Crippen LogP contribution >= 0.6 is 0 Å². The van der Waals surface area contributed by atoms with Crippen LogP contribution in [0, 0.1) is 0 Å². The van der Waals surface area contributed by atoms with E-state index in [9.17, 15) is 27.2 Å². The average molecular weight is 188 g/mol. The third kappa shape index (κ3) is 2.48. The molecule has 0 rings (SSSR count). The molecule has 0 aliphatic heterocycles. The first-order valence-electron chi connectivity index (χ1n) is 2.67. The fourth-order valence-corrected chi connectivity index (χ4v) is 0.288. The van der Waals surface area contributed by atoms with Crippen molar-refractivity contribution in [3.05, 3.63) is 0 Å². The molecule has 3 nitrogen and oxygen atoms in total. The highest BCUT2D eigenvalue weighted by molar-refractivity contribution is 5.88. The van der Waals surface area contributed by atoms with E-state index in [1.165, 1.54) is 0 Å². The van der Waals surface area contributed by atoms with Crippen molar-refractivity contribution < 1.29 is 31.9 Å². The molecule has 0 atom stereocenters. The van der Waals surface area contributed by atoms with Gasteiger partial charge in [0.15, 0.2) is 0 Å². The fraction of sp³-hybridized carbons (Fsp3) is 0.600. The van der Waals surface area contributed by atoms with Crippen LogP contribution in [-0.4, -0.2) is 24.3 Å². The van der Waals surface area contributed by atoms with E-state index in [1.54, 1.807) is 0 Å². The molecule has 0 aliphatic rings. The van der Waals surface area contributed by atoms with Gasteiger partial charge in [-0.15, -0.1) is 0 Å². The predicted octanol–water partition coefficient (Wildman–Crippen LogP) is 0.976. The minimum Gasteiger partial charge on any atom is -0.389 e. The van der Waals surface area contributed by atoms with Crippen LogP contribution in [0.1, 0.15) is 6.92 Å². The monoisotopic (exact) mass is 188 g/mol. The van der Waals surface area contributed by atoms with Gasteiger partial charge in [-0.05, 0) is 0 Å². The molecule has 0 aromatic carbocycles. The smallest absolute Gasteiger partial charge is 0.389 e. The van der Waals surface area contributed by atoms with Crippen LogP contribution in [0.2, 0.25) is 0 Å². The number of esters is 2. The summed E-state index contributed by atoms with van der Waals surface area (Å²) in [6, 6.07) is 0. The third-order valence-electron chi connectivity index (χ3n) is 0.783. The quantitative estimate of drug-likeness (QED) is 0.368. The molecular weight excluding hydrogens is 184 g/mol. The Hall–Kier alpha value is -1.14. The van der Waals surface area contributed by atoms with Crippen molar-refractivity contribution in [3.63, 3.8) is 0 Å². The Balaban J connectivity index is 4.36. The number of rotatable bonds is 2. The Morgan fingerprint density at radius 2 is 1.75 bits per heavy atom. The Morgan fingerprint density at radius 1 is 1.33 bits per heavy atom. The summed E-state index contributed by atoms with van der Waals surface area (Å²) in [5.41, 5.74) is 0. The van der Waals surface area contributed by atoms with Crippen LogP contribution in [0.5, 0.6) is 0 Å². The second kappa shape index (κ2) is 3.51. The number of hydrogen-bond donors (Lipinski definition) is 0. The molecule has 12 heavy (non-hydrogen) atoms. The SMILES string of the molecule is CC(=O)OC(=O)C(F)(F)C(F)F. The van der Waals surface area contributed by atoms with Gasteiger partial charge in [-0.1, -0.05) is 0 Å². The van der Waals surface area contributed by atoms with Crippen molar-refractivity contribution in [2.45, 2.75) is 19.3 Å². The minimum atomic E-state index is -4.92. The van der Waals surface area contributed by atoms with Crippen molar-refractivity contribution in [1.29, 1.82) is 0 Å². The number of carbonyl (C=O) groups is 2. The highest BCUT2D eigenvalue weighted by Crippen LogP contribution is 2.24. The maximum absolute atomic E-state index is 11.9. The Labute approximate surface area is 64.3 Å². The number of alkyl halides is 4. The van der Waals surface area contributed by atoms with Crippen molar-refractivity contribution >= 4 is 11.9 Å². The highest BCUT2D eigenvalue weighted by atomic mass is 19.3. The summed E-state index contributed by atoms with van der Waals surface area (Å²) < 4.78 is 49.8. The van der Waals surface area contributed by atoms with Crippen LogP contribution in [0.3, 0.4) is 0 Å². The average Bonchev–Trinajstić information content (AvgIpc) is 1.85. The lowest BCUT2D eigenvalue weighted by Crippen LogP contribution is -2.38. The summed E-state index contributed by atoms with van der Waals surface area (Å²) >= 11 is 0. The molecule has 0 saturated carbocycles. The van der Waals surface area contributed by atoms with Crippen molar-refractivity contribution in [2.75, 3.05) is 0 Å². The second-order valence-corrected chi connectivity index (χ2v) is 1.80. The molecule has 70 valence electrons. The Morgan fingerprint density at radius 3 is 2.00 bits per heavy atom. The van der Waals surface area contributed by atoms with Gasteiger partial charge < -0.3 is 4.74 Å². The molecule has 0 spiro atoms. The minimum absolute atomic E-state index is 0.652. The lowest BCUT2D eigenvalue weighted by atomic mass is 10.3.